The van der Waals surface area contributed by atoms with Crippen LogP contribution in [0.25, 0.3) is 0 Å². The smallest absolute Gasteiger partial charge is 0.407 e. The minimum Gasteiger partial charge on any atom is -0.465 e. The van der Waals surface area contributed by atoms with Crippen LogP contribution in [-0.2, 0) is 4.43 Å². The number of rotatable bonds is 3. The molecule has 5 nitrogen and oxygen atoms in total. The maximum Gasteiger partial charge on any atom is 0.407 e. The van der Waals surface area contributed by atoms with Crippen LogP contribution in [0.15, 0.2) is 0 Å². The highest BCUT2D eigenvalue weighted by Gasteiger charge is 2.52. The average Bonchev–Trinajstić information content (AvgIpc) is 2.87. The van der Waals surface area contributed by atoms with Crippen LogP contribution in [0.2, 0.25) is 18.1 Å². The van der Waals surface area contributed by atoms with Crippen LogP contribution in [0.1, 0.15) is 40.0 Å². The van der Waals surface area contributed by atoms with E-state index in [9.17, 15) is 9.90 Å². The molecule has 21 heavy (non-hydrogen) atoms. The molecular weight excluding hydrogens is 284 g/mol. The molecule has 0 aromatic heterocycles. The van der Waals surface area contributed by atoms with Gasteiger partial charge in [0.05, 0.1) is 12.6 Å². The third kappa shape index (κ3) is 2.98. The fourth-order valence-electron chi connectivity index (χ4n) is 3.47. The topological polar surface area (TPSA) is 75.8 Å². The number of carboxylic acid groups (broad SMARTS) is 1. The van der Waals surface area contributed by atoms with E-state index >= 15 is 0 Å². The van der Waals surface area contributed by atoms with Crippen molar-refractivity contribution in [1.29, 1.82) is 0 Å². The number of amides is 1. The quantitative estimate of drug-likeness (QED) is 0.785. The maximum absolute atomic E-state index is 11.6. The number of fused-ring (bicyclic) bond motifs is 1. The lowest BCUT2D eigenvalue weighted by molar-refractivity contribution is 0.0981. The molecule has 2 fully saturated rings. The molecule has 3 N–H and O–H groups in total. The molecule has 1 saturated carbocycles. The van der Waals surface area contributed by atoms with Crippen molar-refractivity contribution >= 4 is 14.4 Å². The van der Waals surface area contributed by atoms with Gasteiger partial charge in [-0.1, -0.05) is 27.2 Å². The molecule has 2 aliphatic rings. The van der Waals surface area contributed by atoms with Gasteiger partial charge in [-0.25, -0.2) is 4.79 Å². The van der Waals surface area contributed by atoms with Crippen LogP contribution in [-0.4, -0.2) is 49.1 Å². The van der Waals surface area contributed by atoms with Gasteiger partial charge in [0, 0.05) is 12.1 Å². The van der Waals surface area contributed by atoms with Gasteiger partial charge in [0.15, 0.2) is 8.32 Å². The van der Waals surface area contributed by atoms with Crippen LogP contribution >= 0.6 is 0 Å². The second kappa shape index (κ2) is 5.55. The first-order chi connectivity index (χ1) is 9.56. The highest BCUT2D eigenvalue weighted by molar-refractivity contribution is 6.74. The summed E-state index contributed by atoms with van der Waals surface area (Å²) in [6.07, 6.45) is 2.24. The Balaban J connectivity index is 2.10. The molecule has 0 radical (unpaired) electrons. The van der Waals surface area contributed by atoms with Crippen LogP contribution in [0.3, 0.4) is 0 Å². The molecule has 2 rings (SSSR count). The van der Waals surface area contributed by atoms with Crippen LogP contribution in [0.4, 0.5) is 4.79 Å². The second-order valence-corrected chi connectivity index (χ2v) is 12.9. The van der Waals surface area contributed by atoms with E-state index in [-0.39, 0.29) is 23.2 Å². The van der Waals surface area contributed by atoms with Gasteiger partial charge in [-0.05, 0) is 36.9 Å². The first-order valence-electron chi connectivity index (χ1n) is 7.97. The van der Waals surface area contributed by atoms with E-state index in [1.807, 2.05) is 0 Å². The number of carbonyl (C=O) groups is 1. The van der Waals surface area contributed by atoms with E-state index in [4.69, 9.17) is 10.2 Å². The van der Waals surface area contributed by atoms with E-state index in [1.165, 1.54) is 0 Å². The molecule has 0 unspecified atom stereocenters. The summed E-state index contributed by atoms with van der Waals surface area (Å²) in [6.45, 7) is 11.4. The third-order valence-corrected chi connectivity index (χ3v) is 10.3. The van der Waals surface area contributed by atoms with Gasteiger partial charge in [-0.2, -0.15) is 0 Å². The molecule has 6 heteroatoms. The predicted molar refractivity (Wildman–Crippen MR) is 85.9 cm³/mol. The summed E-state index contributed by atoms with van der Waals surface area (Å²) in [4.78, 5) is 13.2. The number of hydrogen-bond donors (Lipinski definition) is 2. The van der Waals surface area contributed by atoms with Crippen molar-refractivity contribution in [2.75, 3.05) is 6.61 Å². The summed E-state index contributed by atoms with van der Waals surface area (Å²) in [7, 11) is -1.88. The van der Waals surface area contributed by atoms with Crippen molar-refractivity contribution in [2.24, 2.45) is 11.7 Å². The van der Waals surface area contributed by atoms with Crippen molar-refractivity contribution in [3.8, 4) is 0 Å². The van der Waals surface area contributed by atoms with Gasteiger partial charge in [0.1, 0.15) is 0 Å². The zero-order valence-electron chi connectivity index (χ0n) is 13.9. The molecule has 122 valence electrons. The summed E-state index contributed by atoms with van der Waals surface area (Å²) in [5.74, 6) is 0.314. The van der Waals surface area contributed by atoms with Crippen LogP contribution < -0.4 is 5.73 Å². The average molecular weight is 315 g/mol. The van der Waals surface area contributed by atoms with Gasteiger partial charge in [0.2, 0.25) is 0 Å². The number of hydrogen-bond acceptors (Lipinski definition) is 3. The Morgan fingerprint density at radius 3 is 2.52 bits per heavy atom. The standard InChI is InChI=1S/C15H30N2O3Si/c1-15(2,3)21(4,5)20-9-12-13(16)10-7-6-8-11(10)17(12)14(18)19/h10-13H,6-9,16H2,1-5H3,(H,18,19)/t10-,11+,12-,13-/m0/s1. The normalized spacial score (nSPS) is 33.3. The lowest BCUT2D eigenvalue weighted by Gasteiger charge is -2.38. The first-order valence-corrected chi connectivity index (χ1v) is 10.9. The van der Waals surface area contributed by atoms with Gasteiger partial charge in [-0.3, -0.25) is 4.90 Å². The molecular formula is C15H30N2O3Si. The SMILES string of the molecule is CC(C)(C)[Si](C)(C)OC[C@H]1[C@@H](N)[C@H]2CCC[C@H]2N1C(=O)O. The molecule has 1 aliphatic heterocycles. The van der Waals surface area contributed by atoms with Crippen LogP contribution in [0, 0.1) is 5.92 Å². The molecule has 1 amide bonds. The summed E-state index contributed by atoms with van der Waals surface area (Å²) in [6, 6.07) is -0.171. The van der Waals surface area contributed by atoms with Crippen molar-refractivity contribution in [1.82, 2.24) is 4.90 Å². The molecule has 0 bridgehead atoms. The first kappa shape index (κ1) is 16.8. The molecule has 1 heterocycles. The van der Waals surface area contributed by atoms with E-state index in [0.717, 1.165) is 19.3 Å². The Hall–Kier alpha value is -0.593. The number of nitrogens with two attached hydrogens (primary N) is 1. The Morgan fingerprint density at radius 1 is 1.38 bits per heavy atom. The zero-order chi connectivity index (χ0) is 16.0. The zero-order valence-corrected chi connectivity index (χ0v) is 14.9. The van der Waals surface area contributed by atoms with E-state index in [2.05, 4.69) is 33.9 Å². The highest BCUT2D eigenvalue weighted by Crippen LogP contribution is 2.42. The second-order valence-electron chi connectivity index (χ2n) is 8.07. The predicted octanol–water partition coefficient (Wildman–Crippen LogP) is 2.87. The van der Waals surface area contributed by atoms with E-state index in [0.29, 0.717) is 12.5 Å². The van der Waals surface area contributed by atoms with Crippen LogP contribution in [0.5, 0.6) is 0 Å². The fourth-order valence-corrected chi connectivity index (χ4v) is 4.49. The molecule has 1 aliphatic carbocycles. The van der Waals surface area contributed by atoms with Gasteiger partial charge < -0.3 is 15.3 Å². The Bertz CT molecular complexity index is 408. The van der Waals surface area contributed by atoms with Crippen molar-refractivity contribution in [3.63, 3.8) is 0 Å². The monoisotopic (exact) mass is 314 g/mol. The van der Waals surface area contributed by atoms with E-state index in [1.54, 1.807) is 4.90 Å². The molecule has 0 spiro atoms. The molecule has 4 atom stereocenters. The molecule has 0 aromatic rings. The maximum atomic E-state index is 11.6. The Labute approximate surface area is 129 Å². The van der Waals surface area contributed by atoms with Gasteiger partial charge >= 0.3 is 6.09 Å². The van der Waals surface area contributed by atoms with Crippen molar-refractivity contribution in [2.45, 2.75) is 76.3 Å². The third-order valence-electron chi connectivity index (χ3n) is 5.83. The summed E-state index contributed by atoms with van der Waals surface area (Å²) < 4.78 is 6.25. The Kier molecular flexibility index (Phi) is 4.44. The van der Waals surface area contributed by atoms with Crippen molar-refractivity contribution in [3.05, 3.63) is 0 Å². The molecule has 0 aromatic carbocycles. The van der Waals surface area contributed by atoms with E-state index < -0.39 is 14.4 Å². The summed E-state index contributed by atoms with van der Waals surface area (Å²) in [5, 5.41) is 9.69. The van der Waals surface area contributed by atoms with Crippen molar-refractivity contribution < 1.29 is 14.3 Å². The van der Waals surface area contributed by atoms with Gasteiger partial charge in [-0.15, -0.1) is 0 Å². The molecule has 1 saturated heterocycles. The minimum atomic E-state index is -1.88. The Morgan fingerprint density at radius 2 is 2.00 bits per heavy atom. The fraction of sp³-hybridized carbons (Fsp3) is 0.933. The lowest BCUT2D eigenvalue weighted by atomic mass is 9.97. The highest BCUT2D eigenvalue weighted by atomic mass is 28.4. The lowest BCUT2D eigenvalue weighted by Crippen LogP contribution is -2.51. The number of nitrogens with zero attached hydrogens (tertiary/aromatic N) is 1. The number of likely N-dealkylation sites (tertiary alicyclic amines) is 1. The largest absolute Gasteiger partial charge is 0.465 e. The minimum absolute atomic E-state index is 0.0848. The summed E-state index contributed by atoms with van der Waals surface area (Å²) in [5.41, 5.74) is 6.36. The van der Waals surface area contributed by atoms with Gasteiger partial charge in [0.25, 0.3) is 0 Å². The summed E-state index contributed by atoms with van der Waals surface area (Å²) >= 11 is 0.